The summed E-state index contributed by atoms with van der Waals surface area (Å²) in [6.07, 6.45) is 3.56. The Morgan fingerprint density at radius 1 is 1.30 bits per heavy atom. The number of aromatic nitrogens is 1. The van der Waals surface area contributed by atoms with Crippen LogP contribution in [0.5, 0.6) is 0 Å². The van der Waals surface area contributed by atoms with Gasteiger partial charge >= 0.3 is 0 Å². The zero-order chi connectivity index (χ0) is 19.7. The standard InChI is InChI=1S/C19H23N3O4S/c1-2-19(13-7-4-3-5-8-13,14-9-6-10-21-12-14)17(18(20)24)15-11-16(23)22-27(15,25)26/h3-10,12,15,17,25-26H,2,11H2,1H3,(H2,20,24)(H,22,23). The number of carbonyl (C=O) groups excluding carboxylic acids is 2. The zero-order valence-electron chi connectivity index (χ0n) is 14.9. The van der Waals surface area contributed by atoms with Gasteiger partial charge in [-0.3, -0.25) is 28.4 Å². The molecule has 1 aromatic carbocycles. The fourth-order valence-corrected chi connectivity index (χ4v) is 5.85. The van der Waals surface area contributed by atoms with Crippen molar-refractivity contribution < 1.29 is 18.7 Å². The van der Waals surface area contributed by atoms with Crippen LogP contribution in [0, 0.1) is 5.92 Å². The van der Waals surface area contributed by atoms with Gasteiger partial charge in [-0.2, -0.15) is 0 Å². The Hall–Kier alpha value is -2.42. The van der Waals surface area contributed by atoms with Crippen LogP contribution < -0.4 is 10.5 Å². The van der Waals surface area contributed by atoms with Gasteiger partial charge in [-0.1, -0.05) is 43.3 Å². The maximum absolute atomic E-state index is 12.7. The van der Waals surface area contributed by atoms with Gasteiger partial charge in [-0.15, -0.1) is 10.8 Å². The molecule has 0 bridgehead atoms. The molecule has 0 saturated carbocycles. The van der Waals surface area contributed by atoms with E-state index in [1.165, 1.54) is 0 Å². The number of rotatable bonds is 6. The van der Waals surface area contributed by atoms with Crippen LogP contribution in [0.1, 0.15) is 30.9 Å². The predicted octanol–water partition coefficient (Wildman–Crippen LogP) is 2.43. The van der Waals surface area contributed by atoms with E-state index in [-0.39, 0.29) is 6.42 Å². The van der Waals surface area contributed by atoms with Gasteiger partial charge in [0.1, 0.15) is 0 Å². The summed E-state index contributed by atoms with van der Waals surface area (Å²) in [6.45, 7) is 1.91. The van der Waals surface area contributed by atoms with Gasteiger partial charge in [0, 0.05) is 17.8 Å². The normalized spacial score (nSPS) is 23.1. The molecule has 1 aromatic heterocycles. The smallest absolute Gasteiger partial charge is 0.239 e. The number of amides is 2. The van der Waals surface area contributed by atoms with Crippen LogP contribution >= 0.6 is 10.8 Å². The highest BCUT2D eigenvalue weighted by Gasteiger charge is 2.54. The van der Waals surface area contributed by atoms with Crippen molar-refractivity contribution in [3.05, 3.63) is 66.0 Å². The van der Waals surface area contributed by atoms with Crippen molar-refractivity contribution in [2.45, 2.75) is 30.4 Å². The average molecular weight is 389 g/mol. The molecular formula is C19H23N3O4S. The van der Waals surface area contributed by atoms with Crippen LogP contribution in [-0.4, -0.2) is 31.2 Å². The van der Waals surface area contributed by atoms with E-state index >= 15 is 0 Å². The molecule has 7 nitrogen and oxygen atoms in total. The Balaban J connectivity index is 2.28. The van der Waals surface area contributed by atoms with Gasteiger partial charge in [0.25, 0.3) is 0 Å². The molecule has 3 unspecified atom stereocenters. The van der Waals surface area contributed by atoms with E-state index in [9.17, 15) is 18.7 Å². The highest BCUT2D eigenvalue weighted by atomic mass is 32.3. The fraction of sp³-hybridized carbons (Fsp3) is 0.316. The molecule has 3 atom stereocenters. The summed E-state index contributed by atoms with van der Waals surface area (Å²) in [5.74, 6) is -2.21. The van der Waals surface area contributed by atoms with Crippen molar-refractivity contribution >= 4 is 22.6 Å². The molecule has 3 rings (SSSR count). The van der Waals surface area contributed by atoms with Crippen molar-refractivity contribution in [3.8, 4) is 0 Å². The third-order valence-corrected chi connectivity index (χ3v) is 7.12. The first-order valence-electron chi connectivity index (χ1n) is 8.66. The van der Waals surface area contributed by atoms with Crippen molar-refractivity contribution in [3.63, 3.8) is 0 Å². The molecular weight excluding hydrogens is 366 g/mol. The molecule has 1 fully saturated rings. The Labute approximate surface area is 159 Å². The molecule has 5 N–H and O–H groups in total. The summed E-state index contributed by atoms with van der Waals surface area (Å²) < 4.78 is 23.2. The Morgan fingerprint density at radius 3 is 2.44 bits per heavy atom. The molecule has 1 aliphatic rings. The summed E-state index contributed by atoms with van der Waals surface area (Å²) in [5, 5.41) is -1.03. The SMILES string of the molecule is CCC(c1ccccc1)(c1cccnc1)C(C(N)=O)C1CC(=O)NS1(O)O. The Kier molecular flexibility index (Phi) is 5.23. The lowest BCUT2D eigenvalue weighted by molar-refractivity contribution is -0.124. The average Bonchev–Trinajstić information content (AvgIpc) is 2.92. The summed E-state index contributed by atoms with van der Waals surface area (Å²) >= 11 is 0. The second-order valence-electron chi connectivity index (χ2n) is 6.67. The van der Waals surface area contributed by atoms with Gasteiger partial charge in [-0.25, -0.2) is 0 Å². The minimum Gasteiger partial charge on any atom is -0.369 e. The summed E-state index contributed by atoms with van der Waals surface area (Å²) in [6, 6.07) is 12.9. The monoisotopic (exact) mass is 389 g/mol. The molecule has 144 valence electrons. The van der Waals surface area contributed by atoms with Gasteiger partial charge < -0.3 is 5.73 Å². The van der Waals surface area contributed by atoms with E-state index in [0.717, 1.165) is 11.1 Å². The number of nitrogens with zero attached hydrogens (tertiary/aromatic N) is 1. The largest absolute Gasteiger partial charge is 0.369 e. The molecule has 27 heavy (non-hydrogen) atoms. The summed E-state index contributed by atoms with van der Waals surface area (Å²) in [4.78, 5) is 28.8. The van der Waals surface area contributed by atoms with E-state index in [0.29, 0.717) is 6.42 Å². The quantitative estimate of drug-likeness (QED) is 0.604. The second-order valence-corrected chi connectivity index (χ2v) is 8.67. The number of hydrogen-bond acceptors (Lipinski definition) is 5. The maximum atomic E-state index is 12.7. The molecule has 2 amide bonds. The van der Waals surface area contributed by atoms with Gasteiger partial charge in [0.05, 0.1) is 17.6 Å². The van der Waals surface area contributed by atoms with E-state index in [1.54, 1.807) is 18.5 Å². The van der Waals surface area contributed by atoms with Crippen LogP contribution in [0.3, 0.4) is 0 Å². The minimum atomic E-state index is -3.51. The Morgan fingerprint density at radius 2 is 1.96 bits per heavy atom. The molecule has 0 radical (unpaired) electrons. The van der Waals surface area contributed by atoms with Gasteiger partial charge in [0.2, 0.25) is 11.8 Å². The lowest BCUT2D eigenvalue weighted by Gasteiger charge is -2.46. The number of carbonyl (C=O) groups is 2. The molecule has 2 heterocycles. The molecule has 0 spiro atoms. The van der Waals surface area contributed by atoms with Crippen molar-refractivity contribution in [2.24, 2.45) is 11.7 Å². The topological polar surface area (TPSA) is 126 Å². The third kappa shape index (κ3) is 3.31. The molecule has 1 aliphatic heterocycles. The lowest BCUT2D eigenvalue weighted by Crippen LogP contribution is -2.50. The van der Waals surface area contributed by atoms with Crippen LogP contribution in [0.2, 0.25) is 0 Å². The lowest BCUT2D eigenvalue weighted by atomic mass is 9.62. The summed E-state index contributed by atoms with van der Waals surface area (Å²) in [7, 11) is -3.51. The fourth-order valence-electron chi connectivity index (χ4n) is 4.15. The molecule has 1 saturated heterocycles. The second kappa shape index (κ2) is 7.30. The van der Waals surface area contributed by atoms with E-state index in [2.05, 4.69) is 9.71 Å². The van der Waals surface area contributed by atoms with Crippen LogP contribution in [0.25, 0.3) is 0 Å². The third-order valence-electron chi connectivity index (χ3n) is 5.31. The Bertz CT molecular complexity index is 790. The first-order chi connectivity index (χ1) is 12.8. The van der Waals surface area contributed by atoms with Crippen molar-refractivity contribution in [2.75, 3.05) is 0 Å². The van der Waals surface area contributed by atoms with Gasteiger partial charge in [-0.05, 0) is 23.6 Å². The van der Waals surface area contributed by atoms with Gasteiger partial charge in [0.15, 0.2) is 0 Å². The summed E-state index contributed by atoms with van der Waals surface area (Å²) in [5.41, 5.74) is 6.39. The number of hydrogen-bond donors (Lipinski definition) is 4. The highest BCUT2D eigenvalue weighted by Crippen LogP contribution is 2.56. The predicted molar refractivity (Wildman–Crippen MR) is 104 cm³/mol. The molecule has 0 aliphatic carbocycles. The van der Waals surface area contributed by atoms with Crippen molar-refractivity contribution in [1.29, 1.82) is 0 Å². The zero-order valence-corrected chi connectivity index (χ0v) is 15.7. The number of primary amides is 1. The highest BCUT2D eigenvalue weighted by molar-refractivity contribution is 8.24. The number of benzene rings is 1. The first-order valence-corrected chi connectivity index (χ1v) is 10.3. The van der Waals surface area contributed by atoms with E-state index < -0.39 is 39.2 Å². The first kappa shape index (κ1) is 19.3. The maximum Gasteiger partial charge on any atom is 0.239 e. The van der Waals surface area contributed by atoms with Crippen LogP contribution in [0.4, 0.5) is 0 Å². The number of nitrogens with two attached hydrogens (primary N) is 1. The van der Waals surface area contributed by atoms with E-state index in [4.69, 9.17) is 5.73 Å². The van der Waals surface area contributed by atoms with E-state index in [1.807, 2.05) is 43.3 Å². The van der Waals surface area contributed by atoms with Crippen molar-refractivity contribution in [1.82, 2.24) is 9.71 Å². The minimum absolute atomic E-state index is 0.176. The molecule has 8 heteroatoms. The number of nitrogens with one attached hydrogen (secondary N) is 1. The van der Waals surface area contributed by atoms with Crippen LogP contribution in [-0.2, 0) is 15.0 Å². The molecule has 2 aromatic rings. The number of pyridine rings is 1. The van der Waals surface area contributed by atoms with Crippen LogP contribution in [0.15, 0.2) is 54.9 Å².